The molecule has 1 unspecified atom stereocenters. The van der Waals surface area contributed by atoms with E-state index in [1.807, 2.05) is 24.3 Å². The third-order valence-electron chi connectivity index (χ3n) is 2.83. The van der Waals surface area contributed by atoms with Gasteiger partial charge in [-0.05, 0) is 25.0 Å². The van der Waals surface area contributed by atoms with Crippen molar-refractivity contribution in [2.24, 2.45) is 0 Å². The van der Waals surface area contributed by atoms with E-state index in [4.69, 9.17) is 10.4 Å². The van der Waals surface area contributed by atoms with E-state index in [0.29, 0.717) is 13.0 Å². The Balaban J connectivity index is 2.52. The number of hydrogen-bond donors (Lipinski definition) is 3. The number of amides is 1. The minimum atomic E-state index is -1.16. The minimum Gasteiger partial charge on any atom is -0.480 e. The third-order valence-corrected chi connectivity index (χ3v) is 3.60. The molecule has 0 aromatic heterocycles. The number of aliphatic carboxylic acids is 1. The maximum absolute atomic E-state index is 11.7. The van der Waals surface area contributed by atoms with Gasteiger partial charge in [0.25, 0.3) is 5.91 Å². The van der Waals surface area contributed by atoms with Gasteiger partial charge in [0.2, 0.25) is 0 Å². The Labute approximate surface area is 137 Å². The highest BCUT2D eigenvalue weighted by molar-refractivity contribution is 9.10. The minimum absolute atomic E-state index is 0.166. The number of carboxylic acid groups (broad SMARTS) is 1. The van der Waals surface area contributed by atoms with Gasteiger partial charge in [-0.3, -0.25) is 9.59 Å². The fourth-order valence-corrected chi connectivity index (χ4v) is 2.05. The molecule has 1 amide bonds. The van der Waals surface area contributed by atoms with Crippen molar-refractivity contribution < 1.29 is 14.7 Å². The molecule has 0 aliphatic heterocycles. The number of hydrogen-bond acceptors (Lipinski definition) is 4. The Kier molecular flexibility index (Phi) is 7.13. The van der Waals surface area contributed by atoms with Gasteiger partial charge in [0.1, 0.15) is 17.7 Å². The summed E-state index contributed by atoms with van der Waals surface area (Å²) in [6.45, 7) is 1.87. The highest BCUT2D eigenvalue weighted by atomic mass is 79.9. The first kappa shape index (κ1) is 17.7. The van der Waals surface area contributed by atoms with Gasteiger partial charge in [0.05, 0.1) is 0 Å². The van der Waals surface area contributed by atoms with Crippen LogP contribution in [-0.4, -0.2) is 29.6 Å². The van der Waals surface area contributed by atoms with Crippen LogP contribution in [0.2, 0.25) is 0 Å². The van der Waals surface area contributed by atoms with Gasteiger partial charge >= 0.3 is 5.97 Å². The molecule has 0 saturated heterocycles. The zero-order chi connectivity index (χ0) is 16.5. The average Bonchev–Trinajstić information content (AvgIpc) is 2.48. The lowest BCUT2D eigenvalue weighted by Crippen LogP contribution is -2.39. The van der Waals surface area contributed by atoms with Crippen molar-refractivity contribution in [1.82, 2.24) is 10.6 Å². The van der Waals surface area contributed by atoms with Gasteiger partial charge < -0.3 is 15.7 Å². The van der Waals surface area contributed by atoms with Gasteiger partial charge in [-0.25, -0.2) is 0 Å². The molecule has 0 radical (unpaired) electrons. The van der Waals surface area contributed by atoms with Crippen LogP contribution in [0.4, 0.5) is 0 Å². The molecule has 0 heterocycles. The third kappa shape index (κ3) is 5.58. The van der Waals surface area contributed by atoms with Crippen molar-refractivity contribution in [1.29, 1.82) is 5.26 Å². The second-order valence-electron chi connectivity index (χ2n) is 4.50. The first-order chi connectivity index (χ1) is 10.5. The number of nitrogens with zero attached hydrogens (tertiary/aromatic N) is 1. The normalized spacial score (nSPS) is 12.1. The monoisotopic (exact) mass is 365 g/mol. The second kappa shape index (κ2) is 8.85. The van der Waals surface area contributed by atoms with Crippen molar-refractivity contribution in [2.75, 3.05) is 6.54 Å². The van der Waals surface area contributed by atoms with Crippen LogP contribution in [-0.2, 0) is 16.0 Å². The molecular formula is C15H16BrN3O3. The first-order valence-electron chi connectivity index (χ1n) is 6.56. The highest BCUT2D eigenvalue weighted by Crippen LogP contribution is 2.15. The second-order valence-corrected chi connectivity index (χ2v) is 5.35. The lowest BCUT2D eigenvalue weighted by atomic mass is 10.1. The quantitative estimate of drug-likeness (QED) is 0.386. The summed E-state index contributed by atoms with van der Waals surface area (Å²) < 4.78 is 0.995. The van der Waals surface area contributed by atoms with Gasteiger partial charge in [0, 0.05) is 17.2 Å². The van der Waals surface area contributed by atoms with Crippen molar-refractivity contribution in [3.8, 4) is 6.07 Å². The fraction of sp³-hybridized carbons (Fsp3) is 0.267. The SMILES string of the molecule is CC(NC(=O)/C(C#N)=C\NCCc1ccccc1Br)C(=O)O. The molecular weight excluding hydrogens is 350 g/mol. The molecule has 0 spiro atoms. The summed E-state index contributed by atoms with van der Waals surface area (Å²) in [5.41, 5.74) is 0.936. The van der Waals surface area contributed by atoms with Gasteiger partial charge in [-0.2, -0.15) is 5.26 Å². The summed E-state index contributed by atoms with van der Waals surface area (Å²) in [6.07, 6.45) is 2.00. The maximum atomic E-state index is 11.7. The number of carbonyl (C=O) groups excluding carboxylic acids is 1. The Morgan fingerprint density at radius 1 is 1.45 bits per heavy atom. The van der Waals surface area contributed by atoms with Crippen molar-refractivity contribution in [2.45, 2.75) is 19.4 Å². The Morgan fingerprint density at radius 3 is 2.73 bits per heavy atom. The van der Waals surface area contributed by atoms with Gasteiger partial charge in [-0.1, -0.05) is 34.1 Å². The van der Waals surface area contributed by atoms with E-state index in [9.17, 15) is 9.59 Å². The average molecular weight is 366 g/mol. The standard InChI is InChI=1S/C15H16BrN3O3/c1-10(15(21)22)19-14(20)12(8-17)9-18-7-6-11-4-2-3-5-13(11)16/h2-5,9-10,18H,6-7H2,1H3,(H,19,20)(H,21,22)/b12-9-. The number of carbonyl (C=O) groups is 2. The van der Waals surface area contributed by atoms with E-state index in [-0.39, 0.29) is 5.57 Å². The zero-order valence-corrected chi connectivity index (χ0v) is 13.6. The molecule has 22 heavy (non-hydrogen) atoms. The number of nitriles is 1. The van der Waals surface area contributed by atoms with E-state index >= 15 is 0 Å². The van der Waals surface area contributed by atoms with E-state index < -0.39 is 17.9 Å². The molecule has 1 rings (SSSR count). The molecule has 116 valence electrons. The largest absolute Gasteiger partial charge is 0.480 e. The highest BCUT2D eigenvalue weighted by Gasteiger charge is 2.16. The van der Waals surface area contributed by atoms with Crippen molar-refractivity contribution >= 4 is 27.8 Å². The Bertz CT molecular complexity index is 623. The Morgan fingerprint density at radius 2 is 2.14 bits per heavy atom. The van der Waals surface area contributed by atoms with Gasteiger partial charge in [0.15, 0.2) is 0 Å². The first-order valence-corrected chi connectivity index (χ1v) is 7.35. The lowest BCUT2D eigenvalue weighted by Gasteiger charge is -2.08. The fourth-order valence-electron chi connectivity index (χ4n) is 1.57. The molecule has 7 heteroatoms. The Hall–Kier alpha value is -2.33. The molecule has 6 nitrogen and oxygen atoms in total. The molecule has 0 fully saturated rings. The van der Waals surface area contributed by atoms with E-state index in [0.717, 1.165) is 10.0 Å². The van der Waals surface area contributed by atoms with Crippen LogP contribution < -0.4 is 10.6 Å². The maximum Gasteiger partial charge on any atom is 0.325 e. The summed E-state index contributed by atoms with van der Waals surface area (Å²) in [7, 11) is 0. The molecule has 0 aliphatic rings. The van der Waals surface area contributed by atoms with Crippen LogP contribution in [0.3, 0.4) is 0 Å². The number of benzene rings is 1. The van der Waals surface area contributed by atoms with Crippen LogP contribution in [0, 0.1) is 11.3 Å². The molecule has 1 aromatic carbocycles. The van der Waals surface area contributed by atoms with Gasteiger partial charge in [-0.15, -0.1) is 0 Å². The molecule has 0 bridgehead atoms. The molecule has 0 aliphatic carbocycles. The summed E-state index contributed by atoms with van der Waals surface area (Å²) >= 11 is 3.44. The van der Waals surface area contributed by atoms with Crippen LogP contribution in [0.1, 0.15) is 12.5 Å². The number of nitrogens with one attached hydrogen (secondary N) is 2. The van der Waals surface area contributed by atoms with Crippen molar-refractivity contribution in [3.63, 3.8) is 0 Å². The number of halogens is 1. The molecule has 1 atom stereocenters. The number of rotatable bonds is 7. The van der Waals surface area contributed by atoms with Crippen LogP contribution in [0.25, 0.3) is 0 Å². The molecule has 3 N–H and O–H groups in total. The topological polar surface area (TPSA) is 102 Å². The van der Waals surface area contributed by atoms with Crippen LogP contribution in [0.15, 0.2) is 40.5 Å². The lowest BCUT2D eigenvalue weighted by molar-refractivity contribution is -0.140. The summed E-state index contributed by atoms with van der Waals surface area (Å²) in [4.78, 5) is 22.4. The molecule has 1 aromatic rings. The summed E-state index contributed by atoms with van der Waals surface area (Å²) in [6, 6.07) is 8.45. The van der Waals surface area contributed by atoms with E-state index in [2.05, 4.69) is 26.6 Å². The smallest absolute Gasteiger partial charge is 0.325 e. The predicted octanol–water partition coefficient (Wildman–Crippen LogP) is 1.58. The zero-order valence-electron chi connectivity index (χ0n) is 12.0. The summed E-state index contributed by atoms with van der Waals surface area (Å²) in [5, 5.41) is 22.8. The van der Waals surface area contributed by atoms with Crippen LogP contribution >= 0.6 is 15.9 Å². The number of carboxylic acids is 1. The summed E-state index contributed by atoms with van der Waals surface area (Å²) in [5.74, 6) is -1.88. The van der Waals surface area contributed by atoms with E-state index in [1.54, 1.807) is 6.07 Å². The van der Waals surface area contributed by atoms with Crippen molar-refractivity contribution in [3.05, 3.63) is 46.1 Å². The molecule has 0 saturated carbocycles. The van der Waals surface area contributed by atoms with Crippen LogP contribution in [0.5, 0.6) is 0 Å². The predicted molar refractivity (Wildman–Crippen MR) is 84.8 cm³/mol. The van der Waals surface area contributed by atoms with E-state index in [1.165, 1.54) is 13.1 Å².